The Kier molecular flexibility index (Phi) is 5.02. The normalized spacial score (nSPS) is 11.0. The van der Waals surface area contributed by atoms with Crippen molar-refractivity contribution < 1.29 is 9.13 Å². The van der Waals surface area contributed by atoms with Crippen LogP contribution >= 0.6 is 11.6 Å². The number of nitrogens with zero attached hydrogens (tertiary/aromatic N) is 1. The molecule has 0 N–H and O–H groups in total. The Morgan fingerprint density at radius 3 is 2.87 bits per heavy atom. The van der Waals surface area contributed by atoms with E-state index >= 15 is 0 Å². The molecule has 0 spiro atoms. The smallest absolute Gasteiger partial charge is 0.126 e. The molecule has 0 fully saturated rings. The molecule has 0 aliphatic rings. The monoisotopic (exact) mass is 231 g/mol. The van der Waals surface area contributed by atoms with Crippen LogP contribution in [0.25, 0.3) is 0 Å². The van der Waals surface area contributed by atoms with Gasteiger partial charge in [-0.1, -0.05) is 11.6 Å². The molecule has 0 amide bonds. The predicted octanol–water partition coefficient (Wildman–Crippen LogP) is 2.56. The third-order valence-corrected chi connectivity index (χ3v) is 2.36. The van der Waals surface area contributed by atoms with Crippen LogP contribution in [0.3, 0.4) is 0 Å². The zero-order valence-electron chi connectivity index (χ0n) is 8.96. The fraction of sp³-hybridized carbons (Fsp3) is 0.455. The van der Waals surface area contributed by atoms with Gasteiger partial charge in [0.15, 0.2) is 0 Å². The highest BCUT2D eigenvalue weighted by Gasteiger charge is 2.04. The molecule has 0 atom stereocenters. The van der Waals surface area contributed by atoms with Crippen LogP contribution in [0.2, 0.25) is 5.02 Å². The standard InChI is InChI=1S/C11H15ClFNO/c1-14(8-15-2)6-5-9-7-10(12)3-4-11(9)13/h3-4,7H,5-6,8H2,1-2H3. The second kappa shape index (κ2) is 6.05. The molecule has 0 bridgehead atoms. The summed E-state index contributed by atoms with van der Waals surface area (Å²) in [6.07, 6.45) is 0.631. The van der Waals surface area contributed by atoms with Crippen LogP contribution in [0.5, 0.6) is 0 Å². The van der Waals surface area contributed by atoms with Gasteiger partial charge in [0, 0.05) is 18.7 Å². The zero-order chi connectivity index (χ0) is 11.3. The van der Waals surface area contributed by atoms with Gasteiger partial charge in [0.2, 0.25) is 0 Å². The summed E-state index contributed by atoms with van der Waals surface area (Å²) < 4.78 is 18.2. The summed E-state index contributed by atoms with van der Waals surface area (Å²) in [5.41, 5.74) is 0.644. The van der Waals surface area contributed by atoms with Crippen molar-refractivity contribution in [1.29, 1.82) is 0 Å². The van der Waals surface area contributed by atoms with Crippen LogP contribution in [0.1, 0.15) is 5.56 Å². The van der Waals surface area contributed by atoms with E-state index < -0.39 is 0 Å². The summed E-state index contributed by atoms with van der Waals surface area (Å²) in [4.78, 5) is 1.97. The molecule has 0 saturated carbocycles. The lowest BCUT2D eigenvalue weighted by molar-refractivity contribution is 0.0826. The lowest BCUT2D eigenvalue weighted by atomic mass is 10.1. The van der Waals surface area contributed by atoms with Crippen LogP contribution < -0.4 is 0 Å². The Morgan fingerprint density at radius 1 is 1.47 bits per heavy atom. The molecule has 0 aromatic heterocycles. The van der Waals surface area contributed by atoms with Gasteiger partial charge in [-0.05, 0) is 37.2 Å². The Balaban J connectivity index is 2.53. The van der Waals surface area contributed by atoms with Crippen LogP contribution in [0.15, 0.2) is 18.2 Å². The summed E-state index contributed by atoms with van der Waals surface area (Å²) in [5, 5.41) is 0.570. The van der Waals surface area contributed by atoms with Gasteiger partial charge in [-0.25, -0.2) is 4.39 Å². The van der Waals surface area contributed by atoms with E-state index in [1.807, 2.05) is 11.9 Å². The molecule has 0 saturated heterocycles. The first-order valence-corrected chi connectivity index (χ1v) is 5.12. The molecule has 0 aliphatic carbocycles. The van der Waals surface area contributed by atoms with Gasteiger partial charge >= 0.3 is 0 Å². The Labute approximate surface area is 94.6 Å². The van der Waals surface area contributed by atoms with Gasteiger partial charge in [0.1, 0.15) is 5.82 Å². The molecule has 15 heavy (non-hydrogen) atoms. The van der Waals surface area contributed by atoms with Gasteiger partial charge in [-0.15, -0.1) is 0 Å². The second-order valence-corrected chi connectivity index (χ2v) is 3.92. The maximum Gasteiger partial charge on any atom is 0.126 e. The number of hydrogen-bond acceptors (Lipinski definition) is 2. The highest BCUT2D eigenvalue weighted by atomic mass is 35.5. The van der Waals surface area contributed by atoms with E-state index in [-0.39, 0.29) is 5.82 Å². The SMILES string of the molecule is COCN(C)CCc1cc(Cl)ccc1F. The molecule has 0 radical (unpaired) electrons. The van der Waals surface area contributed by atoms with Crippen molar-refractivity contribution in [2.75, 3.05) is 27.4 Å². The average molecular weight is 232 g/mol. The van der Waals surface area contributed by atoms with Gasteiger partial charge in [0.25, 0.3) is 0 Å². The minimum absolute atomic E-state index is 0.204. The van der Waals surface area contributed by atoms with Crippen molar-refractivity contribution in [3.05, 3.63) is 34.6 Å². The van der Waals surface area contributed by atoms with Crippen LogP contribution in [-0.2, 0) is 11.2 Å². The van der Waals surface area contributed by atoms with E-state index in [0.29, 0.717) is 23.7 Å². The largest absolute Gasteiger partial charge is 0.369 e. The van der Waals surface area contributed by atoms with E-state index in [1.165, 1.54) is 6.07 Å². The number of methoxy groups -OCH3 is 1. The molecule has 4 heteroatoms. The van der Waals surface area contributed by atoms with Gasteiger partial charge in [-0.2, -0.15) is 0 Å². The Bertz CT molecular complexity index is 319. The fourth-order valence-corrected chi connectivity index (χ4v) is 1.53. The van der Waals surface area contributed by atoms with Crippen molar-refractivity contribution >= 4 is 11.6 Å². The Morgan fingerprint density at radius 2 is 2.20 bits per heavy atom. The van der Waals surface area contributed by atoms with Crippen molar-refractivity contribution in [3.8, 4) is 0 Å². The average Bonchev–Trinajstić information content (AvgIpc) is 2.20. The molecule has 1 rings (SSSR count). The zero-order valence-corrected chi connectivity index (χ0v) is 9.72. The summed E-state index contributed by atoms with van der Waals surface area (Å²) in [7, 11) is 3.56. The second-order valence-electron chi connectivity index (χ2n) is 3.48. The molecule has 0 unspecified atom stereocenters. The molecule has 0 heterocycles. The lowest BCUT2D eigenvalue weighted by Crippen LogP contribution is -2.23. The summed E-state index contributed by atoms with van der Waals surface area (Å²) in [6.45, 7) is 1.29. The van der Waals surface area contributed by atoms with Gasteiger partial charge < -0.3 is 4.74 Å². The van der Waals surface area contributed by atoms with Crippen LogP contribution in [0, 0.1) is 5.82 Å². The molecular formula is C11H15ClFNO. The van der Waals surface area contributed by atoms with Gasteiger partial charge in [-0.3, -0.25) is 4.90 Å². The van der Waals surface area contributed by atoms with Gasteiger partial charge in [0.05, 0.1) is 6.73 Å². The summed E-state index contributed by atoms with van der Waals surface area (Å²) in [6, 6.07) is 4.62. The number of rotatable bonds is 5. The quantitative estimate of drug-likeness (QED) is 0.723. The van der Waals surface area contributed by atoms with E-state index in [0.717, 1.165) is 6.54 Å². The minimum atomic E-state index is -0.204. The molecule has 84 valence electrons. The first-order chi connectivity index (χ1) is 7.13. The highest BCUT2D eigenvalue weighted by molar-refractivity contribution is 6.30. The van der Waals surface area contributed by atoms with Crippen molar-refractivity contribution in [3.63, 3.8) is 0 Å². The van der Waals surface area contributed by atoms with Crippen LogP contribution in [0.4, 0.5) is 4.39 Å². The minimum Gasteiger partial charge on any atom is -0.369 e. The fourth-order valence-electron chi connectivity index (χ4n) is 1.33. The van der Waals surface area contributed by atoms with E-state index in [1.54, 1.807) is 19.2 Å². The van der Waals surface area contributed by atoms with Crippen molar-refractivity contribution in [2.45, 2.75) is 6.42 Å². The third kappa shape index (κ3) is 4.16. The number of likely N-dealkylation sites (N-methyl/N-ethyl adjacent to an activating group) is 1. The first kappa shape index (κ1) is 12.4. The number of ether oxygens (including phenoxy) is 1. The highest BCUT2D eigenvalue weighted by Crippen LogP contribution is 2.15. The van der Waals surface area contributed by atoms with Crippen molar-refractivity contribution in [2.24, 2.45) is 0 Å². The molecule has 2 nitrogen and oxygen atoms in total. The summed E-state index contributed by atoms with van der Waals surface area (Å²) >= 11 is 5.79. The maximum atomic E-state index is 13.3. The van der Waals surface area contributed by atoms with Crippen molar-refractivity contribution in [1.82, 2.24) is 4.90 Å². The predicted molar refractivity (Wildman–Crippen MR) is 59.6 cm³/mol. The number of benzene rings is 1. The van der Waals surface area contributed by atoms with E-state index in [9.17, 15) is 4.39 Å². The Hall–Kier alpha value is -0.640. The van der Waals surface area contributed by atoms with E-state index in [4.69, 9.17) is 16.3 Å². The lowest BCUT2D eigenvalue weighted by Gasteiger charge is -2.15. The first-order valence-electron chi connectivity index (χ1n) is 4.75. The molecule has 1 aromatic carbocycles. The number of hydrogen-bond donors (Lipinski definition) is 0. The third-order valence-electron chi connectivity index (χ3n) is 2.12. The molecule has 0 aliphatic heterocycles. The maximum absolute atomic E-state index is 13.3. The van der Waals surface area contributed by atoms with E-state index in [2.05, 4.69) is 0 Å². The molecule has 1 aromatic rings. The molecular weight excluding hydrogens is 217 g/mol. The number of halogens is 2. The van der Waals surface area contributed by atoms with Crippen LogP contribution in [-0.4, -0.2) is 32.3 Å². The topological polar surface area (TPSA) is 12.5 Å². The summed E-state index contributed by atoms with van der Waals surface area (Å²) in [5.74, 6) is -0.204.